The molecule has 3 aromatic rings. The Labute approximate surface area is 151 Å². The van der Waals surface area contributed by atoms with Gasteiger partial charge in [0.05, 0.1) is 11.4 Å². The van der Waals surface area contributed by atoms with Crippen LogP contribution in [0.4, 0.5) is 13.2 Å². The Bertz CT molecular complexity index is 906. The van der Waals surface area contributed by atoms with Crippen molar-refractivity contribution in [3.8, 4) is 16.9 Å². The summed E-state index contributed by atoms with van der Waals surface area (Å²) in [5.74, 6) is 0. The number of hydrogen-bond acceptors (Lipinski definition) is 1. The van der Waals surface area contributed by atoms with Crippen LogP contribution in [-0.2, 0) is 12.6 Å². The molecule has 2 aromatic carbocycles. The molecule has 3 rings (SSSR count). The van der Waals surface area contributed by atoms with Gasteiger partial charge in [-0.3, -0.25) is 0 Å². The molecule has 0 aliphatic rings. The first kappa shape index (κ1) is 18.2. The smallest absolute Gasteiger partial charge is 0.233 e. The predicted octanol–water partition coefficient (Wildman–Crippen LogP) is 6.13. The number of hydrogen-bond donors (Lipinski definition) is 0. The molecule has 1 heterocycles. The number of aromatic nitrogens is 2. The van der Waals surface area contributed by atoms with Crippen LogP contribution in [-0.4, -0.2) is 9.78 Å². The van der Waals surface area contributed by atoms with Crippen LogP contribution < -0.4 is 0 Å². The Kier molecular flexibility index (Phi) is 4.90. The second-order valence-electron chi connectivity index (χ2n) is 6.55. The van der Waals surface area contributed by atoms with E-state index in [1.54, 1.807) is 12.1 Å². The van der Waals surface area contributed by atoms with Crippen LogP contribution in [0.1, 0.15) is 35.7 Å². The molecule has 5 heteroatoms. The highest BCUT2D eigenvalue weighted by Crippen LogP contribution is 2.34. The highest BCUT2D eigenvalue weighted by Gasteiger charge is 2.35. The van der Waals surface area contributed by atoms with E-state index in [9.17, 15) is 13.2 Å². The summed E-state index contributed by atoms with van der Waals surface area (Å²) in [6, 6.07) is 14.2. The van der Waals surface area contributed by atoms with Crippen molar-refractivity contribution >= 4 is 0 Å². The summed E-state index contributed by atoms with van der Waals surface area (Å²) in [6.45, 7) is 6.05. The minimum absolute atomic E-state index is 0.443. The molecule has 0 fully saturated rings. The molecule has 2 nitrogen and oxygen atoms in total. The largest absolute Gasteiger partial charge is 0.435 e. The van der Waals surface area contributed by atoms with E-state index in [1.165, 1.54) is 4.68 Å². The molecule has 0 bridgehead atoms. The van der Waals surface area contributed by atoms with Crippen molar-refractivity contribution < 1.29 is 13.2 Å². The van der Waals surface area contributed by atoms with E-state index >= 15 is 0 Å². The molecule has 1 aromatic heterocycles. The van der Waals surface area contributed by atoms with Gasteiger partial charge in [-0.05, 0) is 55.7 Å². The quantitative estimate of drug-likeness (QED) is 0.549. The van der Waals surface area contributed by atoms with Crippen LogP contribution in [0.25, 0.3) is 16.9 Å². The second-order valence-corrected chi connectivity index (χ2v) is 6.55. The zero-order valence-electron chi connectivity index (χ0n) is 15.1. The molecule has 0 atom stereocenters. The Morgan fingerprint density at radius 1 is 0.962 bits per heavy atom. The van der Waals surface area contributed by atoms with E-state index in [-0.39, 0.29) is 0 Å². The Morgan fingerprint density at radius 2 is 1.65 bits per heavy atom. The monoisotopic (exact) mass is 358 g/mol. The van der Waals surface area contributed by atoms with Crippen molar-refractivity contribution in [1.82, 2.24) is 9.78 Å². The summed E-state index contributed by atoms with van der Waals surface area (Å²) in [5.41, 5.74) is 4.24. The average Bonchev–Trinajstić information content (AvgIpc) is 3.03. The summed E-state index contributed by atoms with van der Waals surface area (Å²) in [4.78, 5) is 0. The maximum Gasteiger partial charge on any atom is 0.435 e. The normalized spacial score (nSPS) is 11.8. The first-order valence-corrected chi connectivity index (χ1v) is 8.64. The lowest BCUT2D eigenvalue weighted by Crippen LogP contribution is -2.07. The summed E-state index contributed by atoms with van der Waals surface area (Å²) in [7, 11) is 0. The summed E-state index contributed by atoms with van der Waals surface area (Å²) in [6.07, 6.45) is -2.61. The first-order valence-electron chi connectivity index (χ1n) is 8.64. The lowest BCUT2D eigenvalue weighted by molar-refractivity contribution is -0.141. The maximum absolute atomic E-state index is 13.3. The SMILES string of the molecule is CCCc1cc(-c2cc(C(F)(F)F)nn2-c2ccc(C)cc2)ccc1C. The molecule has 0 amide bonds. The molecule has 0 saturated carbocycles. The van der Waals surface area contributed by atoms with Gasteiger partial charge in [0.25, 0.3) is 0 Å². The van der Waals surface area contributed by atoms with Gasteiger partial charge in [0.1, 0.15) is 0 Å². The predicted molar refractivity (Wildman–Crippen MR) is 97.5 cm³/mol. The first-order chi connectivity index (χ1) is 12.3. The molecule has 0 spiro atoms. The third kappa shape index (κ3) is 3.66. The summed E-state index contributed by atoms with van der Waals surface area (Å²) >= 11 is 0. The van der Waals surface area contributed by atoms with E-state index in [4.69, 9.17) is 0 Å². The number of halogens is 3. The lowest BCUT2D eigenvalue weighted by atomic mass is 9.99. The van der Waals surface area contributed by atoms with Gasteiger partial charge in [-0.25, -0.2) is 4.68 Å². The molecule has 136 valence electrons. The van der Waals surface area contributed by atoms with Crippen molar-refractivity contribution in [3.63, 3.8) is 0 Å². The second kappa shape index (κ2) is 6.98. The third-order valence-electron chi connectivity index (χ3n) is 4.44. The van der Waals surface area contributed by atoms with E-state index in [0.29, 0.717) is 11.4 Å². The van der Waals surface area contributed by atoms with Gasteiger partial charge in [0, 0.05) is 5.56 Å². The fourth-order valence-electron chi connectivity index (χ4n) is 2.98. The minimum Gasteiger partial charge on any atom is -0.233 e. The standard InChI is InChI=1S/C21H21F3N2/c1-4-5-16-12-17(9-8-15(16)3)19-13-20(21(22,23)24)25-26(19)18-10-6-14(2)7-11-18/h6-13H,4-5H2,1-3H3. The van der Waals surface area contributed by atoms with Gasteiger partial charge in [0.2, 0.25) is 0 Å². The van der Waals surface area contributed by atoms with E-state index in [1.807, 2.05) is 44.2 Å². The Balaban J connectivity index is 2.18. The molecular weight excluding hydrogens is 337 g/mol. The van der Waals surface area contributed by atoms with Crippen molar-refractivity contribution in [1.29, 1.82) is 0 Å². The average molecular weight is 358 g/mol. The zero-order chi connectivity index (χ0) is 18.9. The van der Waals surface area contributed by atoms with E-state index in [0.717, 1.165) is 41.2 Å². The summed E-state index contributed by atoms with van der Waals surface area (Å²) < 4.78 is 41.2. The molecule has 0 aliphatic heterocycles. The highest BCUT2D eigenvalue weighted by molar-refractivity contribution is 5.64. The minimum atomic E-state index is -4.48. The van der Waals surface area contributed by atoms with Gasteiger partial charge in [0.15, 0.2) is 5.69 Å². The number of benzene rings is 2. The number of alkyl halides is 3. The van der Waals surface area contributed by atoms with Crippen molar-refractivity contribution in [2.24, 2.45) is 0 Å². The van der Waals surface area contributed by atoms with Crippen LogP contribution in [0.15, 0.2) is 48.5 Å². The third-order valence-corrected chi connectivity index (χ3v) is 4.44. The number of aryl methyl sites for hydroxylation is 3. The van der Waals surface area contributed by atoms with E-state index in [2.05, 4.69) is 12.0 Å². The van der Waals surface area contributed by atoms with E-state index < -0.39 is 11.9 Å². The molecule has 0 saturated heterocycles. The maximum atomic E-state index is 13.3. The van der Waals surface area contributed by atoms with Crippen LogP contribution in [0.2, 0.25) is 0 Å². The molecular formula is C21H21F3N2. The van der Waals surface area contributed by atoms with Crippen LogP contribution in [0.5, 0.6) is 0 Å². The van der Waals surface area contributed by atoms with Crippen LogP contribution in [0, 0.1) is 13.8 Å². The number of nitrogens with zero attached hydrogens (tertiary/aromatic N) is 2. The van der Waals surface area contributed by atoms with Gasteiger partial charge in [-0.2, -0.15) is 18.3 Å². The van der Waals surface area contributed by atoms with Crippen LogP contribution in [0.3, 0.4) is 0 Å². The summed E-state index contributed by atoms with van der Waals surface area (Å²) in [5, 5.41) is 3.85. The van der Waals surface area contributed by atoms with Gasteiger partial charge in [-0.15, -0.1) is 0 Å². The fourth-order valence-corrected chi connectivity index (χ4v) is 2.98. The Morgan fingerprint density at radius 3 is 2.27 bits per heavy atom. The lowest BCUT2D eigenvalue weighted by Gasteiger charge is -2.11. The van der Waals surface area contributed by atoms with Gasteiger partial charge in [-0.1, -0.05) is 43.2 Å². The fraction of sp³-hybridized carbons (Fsp3) is 0.286. The highest BCUT2D eigenvalue weighted by atomic mass is 19.4. The zero-order valence-corrected chi connectivity index (χ0v) is 15.1. The van der Waals surface area contributed by atoms with Gasteiger partial charge < -0.3 is 0 Å². The van der Waals surface area contributed by atoms with Crippen molar-refractivity contribution in [2.45, 2.75) is 39.8 Å². The molecule has 0 radical (unpaired) electrons. The molecule has 0 aliphatic carbocycles. The van der Waals surface area contributed by atoms with Crippen molar-refractivity contribution in [3.05, 3.63) is 70.9 Å². The Hall–Kier alpha value is -2.56. The van der Waals surface area contributed by atoms with Gasteiger partial charge >= 0.3 is 6.18 Å². The molecule has 26 heavy (non-hydrogen) atoms. The number of rotatable bonds is 4. The van der Waals surface area contributed by atoms with Crippen molar-refractivity contribution in [2.75, 3.05) is 0 Å². The molecule has 0 N–H and O–H groups in total. The topological polar surface area (TPSA) is 17.8 Å². The van der Waals surface area contributed by atoms with Crippen LogP contribution >= 0.6 is 0 Å². The molecule has 0 unspecified atom stereocenters.